The predicted molar refractivity (Wildman–Crippen MR) is 152 cm³/mol. The Labute approximate surface area is 235 Å². The summed E-state index contributed by atoms with van der Waals surface area (Å²) >= 11 is 0. The summed E-state index contributed by atoms with van der Waals surface area (Å²) in [6.45, 7) is 0.417. The highest BCUT2D eigenvalue weighted by molar-refractivity contribution is 7.90. The fourth-order valence-corrected chi connectivity index (χ4v) is 4.87. The van der Waals surface area contributed by atoms with Crippen molar-refractivity contribution in [2.45, 2.75) is 19.0 Å². The molecule has 0 bridgehead atoms. The molecule has 0 saturated heterocycles. The van der Waals surface area contributed by atoms with Crippen LogP contribution in [0, 0.1) is 11.6 Å². The van der Waals surface area contributed by atoms with Crippen LogP contribution in [0.1, 0.15) is 27.9 Å². The van der Waals surface area contributed by atoms with Gasteiger partial charge in [-0.25, -0.2) is 27.0 Å². The fraction of sp³-hybridized carbons (Fsp3) is 0.167. The number of carbonyl (C=O) groups is 2. The van der Waals surface area contributed by atoms with Crippen molar-refractivity contribution in [1.82, 2.24) is 14.9 Å². The average molecular weight is 580 g/mol. The third-order valence-electron chi connectivity index (χ3n) is 6.29. The first kappa shape index (κ1) is 29.3. The molecular weight excluding hydrogens is 552 g/mol. The van der Waals surface area contributed by atoms with Gasteiger partial charge in [0.15, 0.2) is 0 Å². The molecule has 3 aromatic carbocycles. The van der Waals surface area contributed by atoms with Gasteiger partial charge in [0.05, 0.1) is 12.1 Å². The van der Waals surface area contributed by atoms with E-state index in [1.807, 2.05) is 10.6 Å². The lowest BCUT2D eigenvalue weighted by molar-refractivity contribution is -0.139. The van der Waals surface area contributed by atoms with Gasteiger partial charge in [-0.15, -0.1) is 0 Å². The number of carboxylic acid groups (broad SMARTS) is 1. The zero-order valence-electron chi connectivity index (χ0n) is 22.0. The van der Waals surface area contributed by atoms with E-state index in [-0.39, 0.29) is 17.8 Å². The zero-order chi connectivity index (χ0) is 29.6. The molecule has 0 unspecified atom stereocenters. The molecule has 4 rings (SSSR count). The molecule has 0 aliphatic heterocycles. The molecule has 0 saturated carbocycles. The van der Waals surface area contributed by atoms with Crippen LogP contribution in [0.3, 0.4) is 0 Å². The third-order valence-corrected chi connectivity index (χ3v) is 7.27. The number of sulfone groups is 1. The molecule has 0 spiro atoms. The quantitative estimate of drug-likeness (QED) is 0.249. The van der Waals surface area contributed by atoms with Gasteiger partial charge in [-0.05, 0) is 76.7 Å². The Kier molecular flexibility index (Phi) is 9.08. The number of allylic oxidation sites excluding steroid dienone is 1. The highest BCUT2D eigenvalue weighted by Gasteiger charge is 2.24. The lowest BCUT2D eigenvalue weighted by Crippen LogP contribution is -2.42. The molecule has 2 N–H and O–H groups in total. The molecule has 212 valence electrons. The molecule has 1 heterocycles. The molecule has 11 heteroatoms. The van der Waals surface area contributed by atoms with Gasteiger partial charge in [-0.1, -0.05) is 30.3 Å². The normalized spacial score (nSPS) is 12.6. The highest BCUT2D eigenvalue weighted by atomic mass is 32.2. The van der Waals surface area contributed by atoms with Crippen molar-refractivity contribution >= 4 is 33.4 Å². The van der Waals surface area contributed by atoms with E-state index >= 15 is 0 Å². The molecule has 4 aromatic rings. The van der Waals surface area contributed by atoms with E-state index in [4.69, 9.17) is 0 Å². The van der Waals surface area contributed by atoms with Crippen molar-refractivity contribution in [3.05, 3.63) is 114 Å². The third kappa shape index (κ3) is 8.18. The van der Waals surface area contributed by atoms with Crippen LogP contribution in [-0.4, -0.2) is 53.0 Å². The van der Waals surface area contributed by atoms with E-state index < -0.39 is 39.3 Å². The Morgan fingerprint density at radius 3 is 2.27 bits per heavy atom. The zero-order valence-corrected chi connectivity index (χ0v) is 22.8. The number of amides is 1. The maximum Gasteiger partial charge on any atom is 0.326 e. The minimum atomic E-state index is -3.45. The van der Waals surface area contributed by atoms with Crippen LogP contribution in [0.5, 0.6) is 0 Å². The summed E-state index contributed by atoms with van der Waals surface area (Å²) < 4.78 is 52.3. The van der Waals surface area contributed by atoms with Crippen LogP contribution in [0.15, 0.2) is 85.5 Å². The van der Waals surface area contributed by atoms with E-state index in [0.717, 1.165) is 17.4 Å². The second-order valence-corrected chi connectivity index (χ2v) is 11.8. The Morgan fingerprint density at radius 2 is 1.68 bits per heavy atom. The summed E-state index contributed by atoms with van der Waals surface area (Å²) in [7, 11) is -3.45. The van der Waals surface area contributed by atoms with Crippen molar-refractivity contribution in [2.24, 2.45) is 0 Å². The maximum atomic E-state index is 13.7. The molecule has 41 heavy (non-hydrogen) atoms. The van der Waals surface area contributed by atoms with Crippen LogP contribution >= 0.6 is 0 Å². The van der Waals surface area contributed by atoms with E-state index in [1.165, 1.54) is 42.5 Å². The minimum Gasteiger partial charge on any atom is -0.480 e. The van der Waals surface area contributed by atoms with Crippen LogP contribution in [0.4, 0.5) is 8.78 Å². The smallest absolute Gasteiger partial charge is 0.326 e. The van der Waals surface area contributed by atoms with Crippen LogP contribution < -0.4 is 5.32 Å². The number of carboxylic acids is 1. The molecule has 0 aliphatic carbocycles. The second kappa shape index (κ2) is 12.7. The summed E-state index contributed by atoms with van der Waals surface area (Å²) in [6, 6.07) is 15.0. The Bertz CT molecular complexity index is 1670. The first-order valence-electron chi connectivity index (χ1n) is 12.5. The number of carbonyl (C=O) groups excluding carboxylic acids is 1. The van der Waals surface area contributed by atoms with Crippen molar-refractivity contribution in [2.75, 3.05) is 12.0 Å². The van der Waals surface area contributed by atoms with E-state index in [1.54, 1.807) is 43.0 Å². The number of imidazole rings is 1. The molecule has 1 amide bonds. The molecule has 8 nitrogen and oxygen atoms in total. The molecule has 0 radical (unpaired) electrons. The highest BCUT2D eigenvalue weighted by Crippen LogP contribution is 2.29. The summed E-state index contributed by atoms with van der Waals surface area (Å²) in [5.41, 5.74) is 3.29. The predicted octanol–water partition coefficient (Wildman–Crippen LogP) is 4.69. The van der Waals surface area contributed by atoms with Crippen molar-refractivity contribution in [3.63, 3.8) is 0 Å². The number of aromatic nitrogens is 2. The van der Waals surface area contributed by atoms with Crippen molar-refractivity contribution < 1.29 is 31.9 Å². The van der Waals surface area contributed by atoms with Gasteiger partial charge in [0.25, 0.3) is 5.91 Å². The standard InChI is InChI=1S/C30H27F2N3O5S/c1-41(39,40)15-12-28(30(37)38)34-29(36)26-11-2-20(17-27(26)22-5-9-25(32)10-6-22)16-23(18-35-14-13-33-19-35)21-3-7-24(31)8-4-21/h2-11,13-14,16-17,19,28H,12,15,18H2,1H3,(H,34,36)(H,37,38)/b23-16-/t28-/m0/s1. The SMILES string of the molecule is CS(=O)(=O)CC[C@H](NC(=O)c1ccc(/C=C(/Cn2ccnc2)c2ccc(F)cc2)cc1-c1ccc(F)cc1)C(=O)O. The molecule has 1 aromatic heterocycles. The number of halogens is 2. The number of aliphatic carboxylic acids is 1. The number of hydrogen-bond donors (Lipinski definition) is 2. The van der Waals surface area contributed by atoms with E-state index in [0.29, 0.717) is 23.2 Å². The lowest BCUT2D eigenvalue weighted by atomic mass is 9.94. The monoisotopic (exact) mass is 579 g/mol. The van der Waals surface area contributed by atoms with Gasteiger partial charge in [0, 0.05) is 30.8 Å². The summed E-state index contributed by atoms with van der Waals surface area (Å²) in [5, 5.41) is 12.0. The van der Waals surface area contributed by atoms with Crippen LogP contribution in [0.25, 0.3) is 22.8 Å². The molecule has 0 fully saturated rings. The Hall–Kier alpha value is -4.64. The second-order valence-electron chi connectivity index (χ2n) is 9.51. The van der Waals surface area contributed by atoms with Gasteiger partial charge in [-0.2, -0.15) is 0 Å². The summed E-state index contributed by atoms with van der Waals surface area (Å²) in [4.78, 5) is 29.1. The molecular formula is C30H27F2N3O5S. The number of benzene rings is 3. The number of rotatable bonds is 11. The van der Waals surface area contributed by atoms with Crippen molar-refractivity contribution in [3.8, 4) is 11.1 Å². The topological polar surface area (TPSA) is 118 Å². The minimum absolute atomic E-state index is 0.123. The maximum absolute atomic E-state index is 13.7. The van der Waals surface area contributed by atoms with Gasteiger partial charge >= 0.3 is 5.97 Å². The van der Waals surface area contributed by atoms with Gasteiger partial charge in [0.2, 0.25) is 0 Å². The first-order chi connectivity index (χ1) is 19.5. The fourth-order valence-electron chi connectivity index (χ4n) is 4.21. The van der Waals surface area contributed by atoms with Gasteiger partial charge in [0.1, 0.15) is 27.5 Å². The average Bonchev–Trinajstić information content (AvgIpc) is 3.44. The first-order valence-corrected chi connectivity index (χ1v) is 14.6. The number of nitrogens with zero attached hydrogens (tertiary/aromatic N) is 2. The molecule has 1 atom stereocenters. The van der Waals surface area contributed by atoms with Crippen LogP contribution in [-0.2, 0) is 21.2 Å². The number of nitrogens with one attached hydrogen (secondary N) is 1. The lowest BCUT2D eigenvalue weighted by Gasteiger charge is -2.17. The van der Waals surface area contributed by atoms with Crippen molar-refractivity contribution in [1.29, 1.82) is 0 Å². The van der Waals surface area contributed by atoms with Gasteiger partial charge in [-0.3, -0.25) is 4.79 Å². The summed E-state index contributed by atoms with van der Waals surface area (Å²) in [6.07, 6.45) is 7.63. The van der Waals surface area contributed by atoms with E-state index in [9.17, 15) is 31.9 Å². The molecule has 0 aliphatic rings. The van der Waals surface area contributed by atoms with Crippen LogP contribution in [0.2, 0.25) is 0 Å². The number of hydrogen-bond acceptors (Lipinski definition) is 5. The Morgan fingerprint density at radius 1 is 1.02 bits per heavy atom. The van der Waals surface area contributed by atoms with E-state index in [2.05, 4.69) is 10.3 Å². The Balaban J connectivity index is 1.75. The largest absolute Gasteiger partial charge is 0.480 e. The summed E-state index contributed by atoms with van der Waals surface area (Å²) in [5.74, 6) is -3.35. The van der Waals surface area contributed by atoms with Gasteiger partial charge < -0.3 is 15.0 Å².